The molecule has 0 radical (unpaired) electrons. The Kier molecular flexibility index (Phi) is 4.55. The lowest BCUT2D eigenvalue weighted by atomic mass is 10.2. The van der Waals surface area contributed by atoms with Crippen molar-refractivity contribution in [1.82, 2.24) is 15.4 Å². The third-order valence-corrected chi connectivity index (χ3v) is 3.27. The predicted molar refractivity (Wildman–Crippen MR) is 84.5 cm³/mol. The highest BCUT2D eigenvalue weighted by molar-refractivity contribution is 5.89. The molecule has 0 bridgehead atoms. The van der Waals surface area contributed by atoms with Crippen molar-refractivity contribution >= 4 is 11.7 Å². The molecule has 2 heterocycles. The first-order valence-corrected chi connectivity index (χ1v) is 7.34. The number of nitrogens with zero attached hydrogens (tertiary/aromatic N) is 3. The van der Waals surface area contributed by atoms with Crippen molar-refractivity contribution in [1.29, 1.82) is 0 Å². The third-order valence-electron chi connectivity index (χ3n) is 3.27. The molecule has 0 aliphatic carbocycles. The number of rotatable bonds is 6. The standard InChI is InChI=1S/C16H16N4O4/c1-10-9-13(20-24-10)17-14(21)7-8-15-18-19-16(23-15)11-5-3-4-6-12(11)22-2/h3-6,9H,7-8H2,1-2H3,(H,17,20,21). The summed E-state index contributed by atoms with van der Waals surface area (Å²) in [4.78, 5) is 11.9. The van der Waals surface area contributed by atoms with Crippen molar-refractivity contribution in [2.45, 2.75) is 19.8 Å². The van der Waals surface area contributed by atoms with E-state index in [1.807, 2.05) is 24.3 Å². The fourth-order valence-electron chi connectivity index (χ4n) is 2.14. The number of anilines is 1. The molecule has 0 aliphatic rings. The summed E-state index contributed by atoms with van der Waals surface area (Å²) in [6.07, 6.45) is 0.518. The van der Waals surface area contributed by atoms with Crippen molar-refractivity contribution in [2.75, 3.05) is 12.4 Å². The van der Waals surface area contributed by atoms with Gasteiger partial charge in [-0.2, -0.15) is 0 Å². The number of hydrogen-bond acceptors (Lipinski definition) is 7. The zero-order valence-electron chi connectivity index (χ0n) is 13.3. The van der Waals surface area contributed by atoms with E-state index in [-0.39, 0.29) is 12.3 Å². The SMILES string of the molecule is COc1ccccc1-c1nnc(CCC(=O)Nc2cc(C)on2)o1. The van der Waals surface area contributed by atoms with Gasteiger partial charge in [-0.1, -0.05) is 17.3 Å². The Bertz CT molecular complexity index is 840. The van der Waals surface area contributed by atoms with E-state index in [0.717, 1.165) is 0 Å². The smallest absolute Gasteiger partial charge is 0.251 e. The molecule has 1 aromatic carbocycles. The summed E-state index contributed by atoms with van der Waals surface area (Å²) in [5, 5.41) is 14.3. The number of aromatic nitrogens is 3. The van der Waals surface area contributed by atoms with Gasteiger partial charge in [0.2, 0.25) is 11.8 Å². The van der Waals surface area contributed by atoms with Crippen LogP contribution in [0.15, 0.2) is 39.3 Å². The van der Waals surface area contributed by atoms with Gasteiger partial charge >= 0.3 is 0 Å². The molecule has 0 saturated carbocycles. The van der Waals surface area contributed by atoms with Gasteiger partial charge in [0.1, 0.15) is 11.5 Å². The average molecular weight is 328 g/mol. The molecule has 24 heavy (non-hydrogen) atoms. The van der Waals surface area contributed by atoms with Crippen LogP contribution in [-0.2, 0) is 11.2 Å². The normalized spacial score (nSPS) is 10.6. The lowest BCUT2D eigenvalue weighted by Crippen LogP contribution is -2.12. The number of carbonyl (C=O) groups excluding carboxylic acids is 1. The Morgan fingerprint density at radius 2 is 2.12 bits per heavy atom. The fraction of sp³-hybridized carbons (Fsp3) is 0.250. The Balaban J connectivity index is 1.61. The van der Waals surface area contributed by atoms with Crippen LogP contribution in [0.3, 0.4) is 0 Å². The maximum atomic E-state index is 11.9. The van der Waals surface area contributed by atoms with Crippen molar-refractivity contribution < 1.29 is 18.5 Å². The van der Waals surface area contributed by atoms with Crippen LogP contribution < -0.4 is 10.1 Å². The molecule has 1 amide bonds. The van der Waals surface area contributed by atoms with Crippen molar-refractivity contribution in [3.63, 3.8) is 0 Å². The van der Waals surface area contributed by atoms with Crippen molar-refractivity contribution in [3.8, 4) is 17.2 Å². The van der Waals surface area contributed by atoms with Crippen LogP contribution in [0.4, 0.5) is 5.82 Å². The Morgan fingerprint density at radius 3 is 2.88 bits per heavy atom. The largest absolute Gasteiger partial charge is 0.496 e. The zero-order valence-corrected chi connectivity index (χ0v) is 13.3. The van der Waals surface area contributed by atoms with Gasteiger partial charge in [-0.05, 0) is 19.1 Å². The molecule has 0 atom stereocenters. The Hall–Kier alpha value is -3.16. The molecule has 0 saturated heterocycles. The highest BCUT2D eigenvalue weighted by Gasteiger charge is 2.14. The van der Waals surface area contributed by atoms with E-state index in [2.05, 4.69) is 20.7 Å². The van der Waals surface area contributed by atoms with E-state index in [4.69, 9.17) is 13.7 Å². The highest BCUT2D eigenvalue weighted by atomic mass is 16.5. The first-order chi connectivity index (χ1) is 11.7. The first-order valence-electron chi connectivity index (χ1n) is 7.34. The summed E-state index contributed by atoms with van der Waals surface area (Å²) in [6.45, 7) is 1.75. The van der Waals surface area contributed by atoms with Crippen molar-refractivity contribution in [2.24, 2.45) is 0 Å². The maximum Gasteiger partial charge on any atom is 0.251 e. The van der Waals surface area contributed by atoms with E-state index in [1.54, 1.807) is 20.1 Å². The Labute approximate surface area is 137 Å². The van der Waals surface area contributed by atoms with Crippen LogP contribution in [0.2, 0.25) is 0 Å². The number of hydrogen-bond donors (Lipinski definition) is 1. The summed E-state index contributed by atoms with van der Waals surface area (Å²) in [7, 11) is 1.58. The molecule has 124 valence electrons. The molecule has 3 rings (SSSR count). The highest BCUT2D eigenvalue weighted by Crippen LogP contribution is 2.28. The lowest BCUT2D eigenvalue weighted by molar-refractivity contribution is -0.116. The summed E-state index contributed by atoms with van der Waals surface area (Å²) in [6, 6.07) is 9.00. The van der Waals surface area contributed by atoms with Gasteiger partial charge in [0.15, 0.2) is 5.82 Å². The maximum absolute atomic E-state index is 11.9. The molecule has 0 unspecified atom stereocenters. The molecule has 1 N–H and O–H groups in total. The molecule has 8 heteroatoms. The predicted octanol–water partition coefficient (Wildman–Crippen LogP) is 2.61. The van der Waals surface area contributed by atoms with Crippen LogP contribution in [0.5, 0.6) is 5.75 Å². The molecule has 2 aromatic heterocycles. The number of para-hydroxylation sites is 1. The van der Waals surface area contributed by atoms with Crippen LogP contribution in [0.25, 0.3) is 11.5 Å². The molecule has 3 aromatic rings. The average Bonchev–Trinajstić information content (AvgIpc) is 3.22. The second kappa shape index (κ2) is 6.95. The summed E-state index contributed by atoms with van der Waals surface area (Å²) in [5.74, 6) is 2.19. The molecule has 8 nitrogen and oxygen atoms in total. The summed E-state index contributed by atoms with van der Waals surface area (Å²) < 4.78 is 15.8. The van der Waals surface area contributed by atoms with Gasteiger partial charge in [0.25, 0.3) is 5.89 Å². The van der Waals surface area contributed by atoms with E-state index in [1.165, 1.54) is 0 Å². The number of carbonyl (C=O) groups is 1. The number of amides is 1. The number of aryl methyl sites for hydroxylation is 2. The quantitative estimate of drug-likeness (QED) is 0.741. The van der Waals surface area contributed by atoms with Gasteiger partial charge in [-0.25, -0.2) is 0 Å². The minimum atomic E-state index is -0.208. The van der Waals surface area contributed by atoms with E-state index in [9.17, 15) is 4.79 Å². The van der Waals surface area contributed by atoms with Crippen molar-refractivity contribution in [3.05, 3.63) is 42.0 Å². The van der Waals surface area contributed by atoms with Crippen LogP contribution in [-0.4, -0.2) is 28.4 Å². The summed E-state index contributed by atoms with van der Waals surface area (Å²) in [5.41, 5.74) is 0.710. The van der Waals surface area contributed by atoms with Crippen LogP contribution >= 0.6 is 0 Å². The third kappa shape index (κ3) is 3.60. The molecular weight excluding hydrogens is 312 g/mol. The van der Waals surface area contributed by atoms with E-state index >= 15 is 0 Å². The number of benzene rings is 1. The van der Waals surface area contributed by atoms with Gasteiger partial charge in [-0.3, -0.25) is 4.79 Å². The topological polar surface area (TPSA) is 103 Å². The van der Waals surface area contributed by atoms with E-state index < -0.39 is 0 Å². The number of ether oxygens (including phenoxy) is 1. The first kappa shape index (κ1) is 15.7. The molecule has 0 aliphatic heterocycles. The van der Waals surface area contributed by atoms with Gasteiger partial charge < -0.3 is 19.0 Å². The second-order valence-corrected chi connectivity index (χ2v) is 5.07. The zero-order chi connectivity index (χ0) is 16.9. The van der Waals surface area contributed by atoms with Gasteiger partial charge in [0, 0.05) is 18.9 Å². The fourth-order valence-corrected chi connectivity index (χ4v) is 2.14. The molecule has 0 fully saturated rings. The second-order valence-electron chi connectivity index (χ2n) is 5.07. The Morgan fingerprint density at radius 1 is 1.29 bits per heavy atom. The van der Waals surface area contributed by atoms with Crippen LogP contribution in [0.1, 0.15) is 18.1 Å². The molecule has 0 spiro atoms. The monoisotopic (exact) mass is 328 g/mol. The van der Waals surface area contributed by atoms with Gasteiger partial charge in [0.05, 0.1) is 12.7 Å². The molecular formula is C16H16N4O4. The number of methoxy groups -OCH3 is 1. The minimum absolute atomic E-state index is 0.194. The minimum Gasteiger partial charge on any atom is -0.496 e. The number of nitrogens with one attached hydrogen (secondary N) is 1. The van der Waals surface area contributed by atoms with Gasteiger partial charge in [-0.15, -0.1) is 10.2 Å². The van der Waals surface area contributed by atoms with Crippen LogP contribution in [0, 0.1) is 6.92 Å². The lowest BCUT2D eigenvalue weighted by Gasteiger charge is -2.03. The van der Waals surface area contributed by atoms with E-state index in [0.29, 0.717) is 41.1 Å². The summed E-state index contributed by atoms with van der Waals surface area (Å²) >= 11 is 0.